The van der Waals surface area contributed by atoms with Crippen molar-refractivity contribution in [1.82, 2.24) is 9.88 Å². The van der Waals surface area contributed by atoms with Crippen LogP contribution in [0.5, 0.6) is 11.5 Å². The number of ether oxygens (including phenoxy) is 2. The SMILES string of the molecule is COc1ccc([C@@H]2CCCN2C(=O)c2ccc3[nH]c4c(c3c2)CCCC4)cc1OC. The lowest BCUT2D eigenvalue weighted by Gasteiger charge is -2.26. The van der Waals surface area contributed by atoms with Gasteiger partial charge >= 0.3 is 0 Å². The van der Waals surface area contributed by atoms with Crippen LogP contribution >= 0.6 is 0 Å². The van der Waals surface area contributed by atoms with Gasteiger partial charge < -0.3 is 19.4 Å². The van der Waals surface area contributed by atoms with E-state index in [2.05, 4.69) is 17.1 Å². The van der Waals surface area contributed by atoms with Crippen molar-refractivity contribution in [3.05, 3.63) is 58.8 Å². The number of likely N-dealkylation sites (tertiary alicyclic amines) is 1. The van der Waals surface area contributed by atoms with Gasteiger partial charge in [-0.25, -0.2) is 0 Å². The summed E-state index contributed by atoms with van der Waals surface area (Å²) in [7, 11) is 3.28. The zero-order valence-corrected chi connectivity index (χ0v) is 17.7. The fourth-order valence-electron chi connectivity index (χ4n) is 5.12. The molecule has 0 unspecified atom stereocenters. The molecule has 5 rings (SSSR count). The number of nitrogens with zero attached hydrogens (tertiary/aromatic N) is 1. The number of methoxy groups -OCH3 is 2. The Morgan fingerprint density at radius 2 is 1.83 bits per heavy atom. The lowest BCUT2D eigenvalue weighted by Crippen LogP contribution is -2.30. The number of nitrogens with one attached hydrogen (secondary N) is 1. The van der Waals surface area contributed by atoms with Crippen LogP contribution in [0.1, 0.15) is 58.9 Å². The summed E-state index contributed by atoms with van der Waals surface area (Å²) < 4.78 is 10.8. The van der Waals surface area contributed by atoms with Gasteiger partial charge in [-0.2, -0.15) is 0 Å². The number of carbonyl (C=O) groups excluding carboxylic acids is 1. The van der Waals surface area contributed by atoms with E-state index in [1.165, 1.54) is 29.5 Å². The van der Waals surface area contributed by atoms with Gasteiger partial charge in [0.05, 0.1) is 20.3 Å². The van der Waals surface area contributed by atoms with Crippen molar-refractivity contribution in [3.8, 4) is 11.5 Å². The maximum atomic E-state index is 13.5. The van der Waals surface area contributed by atoms with E-state index in [1.54, 1.807) is 14.2 Å². The predicted octanol–water partition coefficient (Wildman–Crippen LogP) is 5.04. The van der Waals surface area contributed by atoms with Crippen molar-refractivity contribution < 1.29 is 14.3 Å². The molecular formula is C25H28N2O3. The maximum absolute atomic E-state index is 13.5. The van der Waals surface area contributed by atoms with Crippen LogP contribution in [-0.2, 0) is 12.8 Å². The number of carbonyl (C=O) groups is 1. The highest BCUT2D eigenvalue weighted by atomic mass is 16.5. The summed E-state index contributed by atoms with van der Waals surface area (Å²) in [4.78, 5) is 19.1. The number of aromatic nitrogens is 1. The molecule has 5 heteroatoms. The highest BCUT2D eigenvalue weighted by molar-refractivity contribution is 5.99. The number of aryl methyl sites for hydroxylation is 2. The van der Waals surface area contributed by atoms with Crippen LogP contribution in [0.15, 0.2) is 36.4 Å². The van der Waals surface area contributed by atoms with E-state index in [4.69, 9.17) is 9.47 Å². The van der Waals surface area contributed by atoms with Gasteiger partial charge in [-0.05, 0) is 80.0 Å². The van der Waals surface area contributed by atoms with Crippen molar-refractivity contribution >= 4 is 16.8 Å². The molecule has 0 bridgehead atoms. The predicted molar refractivity (Wildman–Crippen MR) is 117 cm³/mol. The molecule has 156 valence electrons. The fraction of sp³-hybridized carbons (Fsp3) is 0.400. The summed E-state index contributed by atoms with van der Waals surface area (Å²) in [6.45, 7) is 0.779. The van der Waals surface area contributed by atoms with Crippen LogP contribution in [0, 0.1) is 0 Å². The molecule has 1 atom stereocenters. The first kappa shape index (κ1) is 19.0. The number of fused-ring (bicyclic) bond motifs is 3. The highest BCUT2D eigenvalue weighted by Crippen LogP contribution is 2.38. The van der Waals surface area contributed by atoms with Crippen molar-refractivity contribution in [1.29, 1.82) is 0 Å². The summed E-state index contributed by atoms with van der Waals surface area (Å²) in [5.41, 5.74) is 5.78. The van der Waals surface area contributed by atoms with Crippen LogP contribution < -0.4 is 9.47 Å². The van der Waals surface area contributed by atoms with Gasteiger partial charge in [-0.3, -0.25) is 4.79 Å². The molecule has 0 saturated carbocycles. The first-order chi connectivity index (χ1) is 14.7. The number of hydrogen-bond acceptors (Lipinski definition) is 3. The highest BCUT2D eigenvalue weighted by Gasteiger charge is 2.31. The molecule has 0 radical (unpaired) electrons. The Hall–Kier alpha value is -2.95. The average molecular weight is 405 g/mol. The molecule has 2 aliphatic rings. The van der Waals surface area contributed by atoms with Gasteiger partial charge in [-0.15, -0.1) is 0 Å². The second-order valence-corrected chi connectivity index (χ2v) is 8.32. The Kier molecular flexibility index (Phi) is 4.89. The van der Waals surface area contributed by atoms with E-state index in [9.17, 15) is 4.79 Å². The lowest BCUT2D eigenvalue weighted by molar-refractivity contribution is 0.0735. The molecule has 2 aromatic carbocycles. The topological polar surface area (TPSA) is 54.6 Å². The third-order valence-corrected chi connectivity index (χ3v) is 6.65. The number of aromatic amines is 1. The van der Waals surface area contributed by atoms with Gasteiger partial charge in [0.1, 0.15) is 0 Å². The maximum Gasteiger partial charge on any atom is 0.254 e. The summed E-state index contributed by atoms with van der Waals surface area (Å²) in [6.07, 6.45) is 6.65. The van der Waals surface area contributed by atoms with E-state index in [-0.39, 0.29) is 11.9 Å². The third kappa shape index (κ3) is 3.13. The Morgan fingerprint density at radius 1 is 1.00 bits per heavy atom. The fourth-order valence-corrected chi connectivity index (χ4v) is 5.12. The molecule has 5 nitrogen and oxygen atoms in total. The average Bonchev–Trinajstić information content (AvgIpc) is 3.42. The molecule has 1 saturated heterocycles. The smallest absolute Gasteiger partial charge is 0.254 e. The van der Waals surface area contributed by atoms with E-state index >= 15 is 0 Å². The first-order valence-corrected chi connectivity index (χ1v) is 10.9. The zero-order valence-electron chi connectivity index (χ0n) is 17.7. The minimum Gasteiger partial charge on any atom is -0.493 e. The Balaban J connectivity index is 1.46. The van der Waals surface area contributed by atoms with Crippen LogP contribution in [0.25, 0.3) is 10.9 Å². The number of H-pyrrole nitrogens is 1. The molecule has 1 aliphatic carbocycles. The second kappa shape index (κ2) is 7.71. The number of benzene rings is 2. The minimum atomic E-state index is 0.0631. The van der Waals surface area contributed by atoms with Crippen LogP contribution in [0.2, 0.25) is 0 Å². The van der Waals surface area contributed by atoms with E-state index in [0.29, 0.717) is 11.5 Å². The standard InChI is InChI=1S/C25H28N2O3/c1-29-23-12-10-16(15-24(23)30-2)22-8-5-13-27(22)25(28)17-9-11-21-19(14-17)18-6-3-4-7-20(18)26-21/h9-12,14-15,22,26H,3-8,13H2,1-2H3/t22-/m0/s1. The Bertz CT molecular complexity index is 1100. The molecular weight excluding hydrogens is 376 g/mol. The number of rotatable bonds is 4. The van der Waals surface area contributed by atoms with Gasteiger partial charge in [0, 0.05) is 28.7 Å². The summed E-state index contributed by atoms with van der Waals surface area (Å²) >= 11 is 0. The van der Waals surface area contributed by atoms with Crippen molar-refractivity contribution in [3.63, 3.8) is 0 Å². The molecule has 0 spiro atoms. The molecule has 1 aromatic heterocycles. The molecule has 1 N–H and O–H groups in total. The summed E-state index contributed by atoms with van der Waals surface area (Å²) in [6, 6.07) is 12.2. The van der Waals surface area contributed by atoms with Crippen LogP contribution in [0.4, 0.5) is 0 Å². The summed E-state index contributed by atoms with van der Waals surface area (Å²) in [5, 5.41) is 1.22. The lowest BCUT2D eigenvalue weighted by atomic mass is 9.95. The largest absolute Gasteiger partial charge is 0.493 e. The number of amides is 1. The van der Waals surface area contributed by atoms with Crippen molar-refractivity contribution in [2.24, 2.45) is 0 Å². The number of hydrogen-bond donors (Lipinski definition) is 1. The molecule has 3 aromatic rings. The normalized spacial score (nSPS) is 18.5. The quantitative estimate of drug-likeness (QED) is 0.663. The van der Waals surface area contributed by atoms with Crippen LogP contribution in [0.3, 0.4) is 0 Å². The Labute approximate surface area is 177 Å². The molecule has 1 amide bonds. The first-order valence-electron chi connectivity index (χ1n) is 10.9. The summed E-state index contributed by atoms with van der Waals surface area (Å²) in [5.74, 6) is 1.52. The molecule has 1 fully saturated rings. The van der Waals surface area contributed by atoms with Gasteiger partial charge in [0.25, 0.3) is 5.91 Å². The second-order valence-electron chi connectivity index (χ2n) is 8.32. The van der Waals surface area contributed by atoms with Crippen molar-refractivity contribution in [2.75, 3.05) is 20.8 Å². The van der Waals surface area contributed by atoms with E-state index in [1.807, 2.05) is 29.2 Å². The third-order valence-electron chi connectivity index (χ3n) is 6.65. The van der Waals surface area contributed by atoms with E-state index < -0.39 is 0 Å². The van der Waals surface area contributed by atoms with Gasteiger partial charge in [0.15, 0.2) is 11.5 Å². The van der Waals surface area contributed by atoms with Gasteiger partial charge in [0.2, 0.25) is 0 Å². The monoisotopic (exact) mass is 404 g/mol. The molecule has 2 heterocycles. The zero-order chi connectivity index (χ0) is 20.7. The molecule has 30 heavy (non-hydrogen) atoms. The van der Waals surface area contributed by atoms with Crippen LogP contribution in [-0.4, -0.2) is 36.6 Å². The van der Waals surface area contributed by atoms with Crippen molar-refractivity contribution in [2.45, 2.75) is 44.6 Å². The molecule has 1 aliphatic heterocycles. The van der Waals surface area contributed by atoms with E-state index in [0.717, 1.165) is 48.9 Å². The Morgan fingerprint density at radius 3 is 2.67 bits per heavy atom. The van der Waals surface area contributed by atoms with Gasteiger partial charge in [-0.1, -0.05) is 6.07 Å². The minimum absolute atomic E-state index is 0.0631.